The molecule has 0 saturated carbocycles. The molecule has 0 saturated heterocycles. The molecular weight excluding hydrogens is 218 g/mol. The van der Waals surface area contributed by atoms with Crippen LogP contribution in [-0.2, 0) is 9.63 Å². The standard InChI is InChI=1S/C13H13NO3/c15-12(10-6-4-5-7-10)14-17-13(16)11-8-2-1-3-9-11/h1-3,6,8-9H,4-5,7H2,(H,14,15). The van der Waals surface area contributed by atoms with Crippen LogP contribution in [0.4, 0.5) is 0 Å². The van der Waals surface area contributed by atoms with Gasteiger partial charge in [0, 0.05) is 5.57 Å². The Kier molecular flexibility index (Phi) is 3.55. The molecule has 0 atom stereocenters. The van der Waals surface area contributed by atoms with Crippen LogP contribution in [0.5, 0.6) is 0 Å². The number of hydroxylamine groups is 1. The molecule has 1 amide bonds. The molecule has 0 unspecified atom stereocenters. The number of carbonyl (C=O) groups excluding carboxylic acids is 2. The van der Waals surface area contributed by atoms with Crippen molar-refractivity contribution < 1.29 is 14.4 Å². The molecule has 1 aromatic rings. The Morgan fingerprint density at radius 2 is 1.94 bits per heavy atom. The third-order valence-electron chi connectivity index (χ3n) is 2.58. The van der Waals surface area contributed by atoms with E-state index in [1.807, 2.05) is 6.08 Å². The van der Waals surface area contributed by atoms with Crippen LogP contribution in [0.1, 0.15) is 29.6 Å². The fraction of sp³-hybridized carbons (Fsp3) is 0.231. The molecule has 0 heterocycles. The quantitative estimate of drug-likeness (QED) is 0.792. The summed E-state index contributed by atoms with van der Waals surface area (Å²) in [6.45, 7) is 0. The first-order valence-electron chi connectivity index (χ1n) is 5.53. The molecule has 1 aliphatic carbocycles. The molecule has 1 aromatic carbocycles. The van der Waals surface area contributed by atoms with E-state index >= 15 is 0 Å². The van der Waals surface area contributed by atoms with Crippen LogP contribution in [0.2, 0.25) is 0 Å². The van der Waals surface area contributed by atoms with Gasteiger partial charge in [0.15, 0.2) is 0 Å². The maximum atomic E-state index is 11.5. The third-order valence-corrected chi connectivity index (χ3v) is 2.58. The average Bonchev–Trinajstić information content (AvgIpc) is 2.90. The van der Waals surface area contributed by atoms with Gasteiger partial charge in [-0.05, 0) is 31.4 Å². The first-order valence-corrected chi connectivity index (χ1v) is 5.53. The van der Waals surface area contributed by atoms with Crippen molar-refractivity contribution in [3.63, 3.8) is 0 Å². The Morgan fingerprint density at radius 1 is 1.18 bits per heavy atom. The molecule has 0 bridgehead atoms. The van der Waals surface area contributed by atoms with Crippen molar-refractivity contribution in [3.8, 4) is 0 Å². The molecule has 17 heavy (non-hydrogen) atoms. The number of carbonyl (C=O) groups is 2. The van der Waals surface area contributed by atoms with Gasteiger partial charge in [0.25, 0.3) is 5.91 Å². The lowest BCUT2D eigenvalue weighted by molar-refractivity contribution is -0.126. The summed E-state index contributed by atoms with van der Waals surface area (Å²) in [5.41, 5.74) is 3.26. The molecule has 1 N–H and O–H groups in total. The zero-order valence-corrected chi connectivity index (χ0v) is 9.31. The van der Waals surface area contributed by atoms with Crippen LogP contribution in [-0.4, -0.2) is 11.9 Å². The first kappa shape index (κ1) is 11.4. The van der Waals surface area contributed by atoms with Crippen molar-refractivity contribution in [3.05, 3.63) is 47.5 Å². The maximum absolute atomic E-state index is 11.5. The fourth-order valence-electron chi connectivity index (χ4n) is 1.67. The van der Waals surface area contributed by atoms with Gasteiger partial charge in [-0.3, -0.25) is 4.79 Å². The predicted octanol–water partition coefficient (Wildman–Crippen LogP) is 1.98. The summed E-state index contributed by atoms with van der Waals surface area (Å²) < 4.78 is 0. The van der Waals surface area contributed by atoms with Crippen LogP contribution < -0.4 is 5.48 Å². The normalized spacial score (nSPS) is 14.0. The molecule has 4 heteroatoms. The van der Waals surface area contributed by atoms with Crippen LogP contribution >= 0.6 is 0 Å². The Bertz CT molecular complexity index is 451. The summed E-state index contributed by atoms with van der Waals surface area (Å²) >= 11 is 0. The first-order chi connectivity index (χ1) is 8.27. The number of benzene rings is 1. The van der Waals surface area contributed by atoms with Crippen molar-refractivity contribution in [1.29, 1.82) is 0 Å². The van der Waals surface area contributed by atoms with Crippen LogP contribution in [0.3, 0.4) is 0 Å². The molecule has 4 nitrogen and oxygen atoms in total. The van der Waals surface area contributed by atoms with Gasteiger partial charge >= 0.3 is 5.97 Å². The Balaban J connectivity index is 1.86. The maximum Gasteiger partial charge on any atom is 0.362 e. The minimum atomic E-state index is -0.558. The minimum absolute atomic E-state index is 0.327. The zero-order chi connectivity index (χ0) is 12.1. The van der Waals surface area contributed by atoms with Gasteiger partial charge in [-0.1, -0.05) is 24.3 Å². The second-order valence-electron chi connectivity index (χ2n) is 3.81. The summed E-state index contributed by atoms with van der Waals surface area (Å²) in [7, 11) is 0. The topological polar surface area (TPSA) is 55.4 Å². The molecule has 0 aliphatic heterocycles. The summed E-state index contributed by atoms with van der Waals surface area (Å²) in [5.74, 6) is -0.885. The van der Waals surface area contributed by atoms with Crippen molar-refractivity contribution in [2.24, 2.45) is 0 Å². The summed E-state index contributed by atoms with van der Waals surface area (Å²) in [6.07, 6.45) is 4.51. The monoisotopic (exact) mass is 231 g/mol. The Hall–Kier alpha value is -2.10. The summed E-state index contributed by atoms with van der Waals surface area (Å²) in [5, 5.41) is 0. The van der Waals surface area contributed by atoms with E-state index in [1.54, 1.807) is 30.3 Å². The van der Waals surface area contributed by atoms with Crippen molar-refractivity contribution >= 4 is 11.9 Å². The summed E-state index contributed by atoms with van der Waals surface area (Å²) in [4.78, 5) is 27.8. The van der Waals surface area contributed by atoms with E-state index in [2.05, 4.69) is 5.48 Å². The highest BCUT2D eigenvalue weighted by Crippen LogP contribution is 2.17. The van der Waals surface area contributed by atoms with Crippen LogP contribution in [0.15, 0.2) is 42.0 Å². The highest BCUT2D eigenvalue weighted by molar-refractivity contribution is 5.95. The van der Waals surface area contributed by atoms with Gasteiger partial charge < -0.3 is 4.84 Å². The van der Waals surface area contributed by atoms with Gasteiger partial charge in [-0.15, -0.1) is 0 Å². The van der Waals surface area contributed by atoms with Gasteiger partial charge in [0.05, 0.1) is 5.56 Å². The minimum Gasteiger partial charge on any atom is -0.335 e. The van der Waals surface area contributed by atoms with Gasteiger partial charge in [-0.2, -0.15) is 5.48 Å². The van der Waals surface area contributed by atoms with Crippen LogP contribution in [0.25, 0.3) is 0 Å². The molecular formula is C13H13NO3. The smallest absolute Gasteiger partial charge is 0.335 e. The predicted molar refractivity (Wildman–Crippen MR) is 61.9 cm³/mol. The number of rotatable bonds is 2. The lowest BCUT2D eigenvalue weighted by Crippen LogP contribution is -2.27. The van der Waals surface area contributed by atoms with Crippen molar-refractivity contribution in [1.82, 2.24) is 5.48 Å². The van der Waals surface area contributed by atoms with Crippen molar-refractivity contribution in [2.45, 2.75) is 19.3 Å². The number of amides is 1. The van der Waals surface area contributed by atoms with E-state index in [1.165, 1.54) is 0 Å². The number of allylic oxidation sites excluding steroid dienone is 1. The fourth-order valence-corrected chi connectivity index (χ4v) is 1.67. The second kappa shape index (κ2) is 5.30. The number of nitrogens with one attached hydrogen (secondary N) is 1. The second-order valence-corrected chi connectivity index (χ2v) is 3.81. The van der Waals surface area contributed by atoms with Gasteiger partial charge in [0.1, 0.15) is 0 Å². The highest BCUT2D eigenvalue weighted by atomic mass is 16.7. The average molecular weight is 231 g/mol. The van der Waals surface area contributed by atoms with E-state index in [0.29, 0.717) is 11.1 Å². The molecule has 1 aliphatic rings. The molecule has 0 radical (unpaired) electrons. The highest BCUT2D eigenvalue weighted by Gasteiger charge is 2.15. The largest absolute Gasteiger partial charge is 0.362 e. The zero-order valence-electron chi connectivity index (χ0n) is 9.31. The van der Waals surface area contributed by atoms with Crippen LogP contribution in [0, 0.1) is 0 Å². The molecule has 88 valence electrons. The van der Waals surface area contributed by atoms with E-state index in [-0.39, 0.29) is 5.91 Å². The molecule has 0 fully saturated rings. The summed E-state index contributed by atoms with van der Waals surface area (Å²) in [6, 6.07) is 8.53. The molecule has 0 aromatic heterocycles. The van der Waals surface area contributed by atoms with E-state index in [4.69, 9.17) is 4.84 Å². The Labute approximate surface area is 99.2 Å². The Morgan fingerprint density at radius 3 is 2.59 bits per heavy atom. The van der Waals surface area contributed by atoms with E-state index in [9.17, 15) is 9.59 Å². The van der Waals surface area contributed by atoms with Gasteiger partial charge in [-0.25, -0.2) is 4.79 Å². The van der Waals surface area contributed by atoms with E-state index in [0.717, 1.165) is 19.3 Å². The molecule has 2 rings (SSSR count). The lowest BCUT2D eigenvalue weighted by atomic mass is 10.2. The SMILES string of the molecule is O=C(NOC(=O)c1ccccc1)C1=CCCC1. The third kappa shape index (κ3) is 2.93. The lowest BCUT2D eigenvalue weighted by Gasteiger charge is -2.05. The van der Waals surface area contributed by atoms with Crippen molar-refractivity contribution in [2.75, 3.05) is 0 Å². The number of hydrogen-bond acceptors (Lipinski definition) is 3. The number of hydrogen-bond donors (Lipinski definition) is 1. The van der Waals surface area contributed by atoms with E-state index < -0.39 is 5.97 Å². The van der Waals surface area contributed by atoms with Gasteiger partial charge in [0.2, 0.25) is 0 Å². The molecule has 0 spiro atoms.